The summed E-state index contributed by atoms with van der Waals surface area (Å²) in [4.78, 5) is 20.0. The molecule has 1 aliphatic heterocycles. The van der Waals surface area contributed by atoms with Crippen molar-refractivity contribution in [2.45, 2.75) is 19.9 Å². The topological polar surface area (TPSA) is 71.7 Å². The Morgan fingerprint density at radius 3 is 2.91 bits per heavy atom. The molecular formula is C15H23ClN4O2. The predicted molar refractivity (Wildman–Crippen MR) is 87.5 cm³/mol. The minimum absolute atomic E-state index is 0.331. The third-order valence-corrected chi connectivity index (χ3v) is 4.18. The summed E-state index contributed by atoms with van der Waals surface area (Å²) in [6.07, 6.45) is 1.48. The maximum absolute atomic E-state index is 11.2. The van der Waals surface area contributed by atoms with E-state index in [1.807, 2.05) is 6.92 Å². The van der Waals surface area contributed by atoms with Crippen LogP contribution in [-0.2, 0) is 4.74 Å². The summed E-state index contributed by atoms with van der Waals surface area (Å²) >= 11 is 6.25. The standard InChI is InChI=1S/C15H23ClN4O2/c1-3-22-7-6-19-4-5-20(10-11(19)2)15-13(16)8-12(9-18-15)14(17)21/h8-9,11H,3-7,10H2,1-2H3,(H2,17,21). The number of ether oxygens (including phenoxy) is 1. The molecule has 2 heterocycles. The average Bonchev–Trinajstić information content (AvgIpc) is 2.49. The van der Waals surface area contributed by atoms with E-state index in [0.29, 0.717) is 22.4 Å². The largest absolute Gasteiger partial charge is 0.380 e. The number of nitrogens with zero attached hydrogens (tertiary/aromatic N) is 3. The van der Waals surface area contributed by atoms with Gasteiger partial charge in [-0.25, -0.2) is 4.98 Å². The van der Waals surface area contributed by atoms with Crippen LogP contribution in [0.5, 0.6) is 0 Å². The van der Waals surface area contributed by atoms with Crippen LogP contribution in [0.25, 0.3) is 0 Å². The third kappa shape index (κ3) is 4.09. The molecule has 0 saturated carbocycles. The number of hydrogen-bond acceptors (Lipinski definition) is 5. The van der Waals surface area contributed by atoms with E-state index in [2.05, 4.69) is 21.7 Å². The molecule has 0 bridgehead atoms. The monoisotopic (exact) mass is 326 g/mol. The molecule has 1 aliphatic rings. The van der Waals surface area contributed by atoms with Gasteiger partial charge in [0.15, 0.2) is 0 Å². The zero-order valence-electron chi connectivity index (χ0n) is 13.1. The Balaban J connectivity index is 1.99. The zero-order chi connectivity index (χ0) is 16.1. The zero-order valence-corrected chi connectivity index (χ0v) is 13.8. The number of amides is 1. The van der Waals surface area contributed by atoms with E-state index in [1.165, 1.54) is 6.20 Å². The lowest BCUT2D eigenvalue weighted by Crippen LogP contribution is -2.53. The van der Waals surface area contributed by atoms with Gasteiger partial charge in [-0.2, -0.15) is 0 Å². The minimum atomic E-state index is -0.518. The first-order valence-corrected chi connectivity index (χ1v) is 7.92. The van der Waals surface area contributed by atoms with Crippen LogP contribution in [0, 0.1) is 0 Å². The first-order chi connectivity index (χ1) is 10.5. The van der Waals surface area contributed by atoms with Crippen LogP contribution in [0.4, 0.5) is 5.82 Å². The molecule has 6 nitrogen and oxygen atoms in total. The van der Waals surface area contributed by atoms with Crippen molar-refractivity contribution in [2.75, 3.05) is 44.3 Å². The van der Waals surface area contributed by atoms with Gasteiger partial charge in [0, 0.05) is 45.0 Å². The molecule has 122 valence electrons. The van der Waals surface area contributed by atoms with Gasteiger partial charge in [-0.15, -0.1) is 0 Å². The van der Waals surface area contributed by atoms with Gasteiger partial charge in [0.25, 0.3) is 0 Å². The number of nitrogens with two attached hydrogens (primary N) is 1. The highest BCUT2D eigenvalue weighted by Crippen LogP contribution is 2.26. The van der Waals surface area contributed by atoms with Gasteiger partial charge in [-0.3, -0.25) is 9.69 Å². The summed E-state index contributed by atoms with van der Waals surface area (Å²) in [6.45, 7) is 9.25. The molecule has 1 amide bonds. The second-order valence-corrected chi connectivity index (χ2v) is 5.83. The predicted octanol–water partition coefficient (Wildman–Crippen LogP) is 1.38. The second-order valence-electron chi connectivity index (χ2n) is 5.42. The highest BCUT2D eigenvalue weighted by atomic mass is 35.5. The normalized spacial score (nSPS) is 19.4. The molecule has 1 unspecified atom stereocenters. The van der Waals surface area contributed by atoms with Gasteiger partial charge in [-0.05, 0) is 19.9 Å². The van der Waals surface area contributed by atoms with Crippen LogP contribution in [0.1, 0.15) is 24.2 Å². The Labute approximate surface area is 136 Å². The van der Waals surface area contributed by atoms with Gasteiger partial charge in [0.2, 0.25) is 5.91 Å². The van der Waals surface area contributed by atoms with Crippen molar-refractivity contribution in [3.05, 3.63) is 22.8 Å². The first-order valence-electron chi connectivity index (χ1n) is 7.55. The highest BCUT2D eigenvalue weighted by molar-refractivity contribution is 6.33. The number of hydrogen-bond donors (Lipinski definition) is 1. The quantitative estimate of drug-likeness (QED) is 0.800. The minimum Gasteiger partial charge on any atom is -0.380 e. The lowest BCUT2D eigenvalue weighted by molar-refractivity contribution is 0.0925. The number of aromatic nitrogens is 1. The van der Waals surface area contributed by atoms with Crippen LogP contribution >= 0.6 is 11.6 Å². The van der Waals surface area contributed by atoms with Gasteiger partial charge in [-0.1, -0.05) is 11.6 Å². The van der Waals surface area contributed by atoms with Crippen molar-refractivity contribution in [3.63, 3.8) is 0 Å². The Morgan fingerprint density at radius 1 is 1.55 bits per heavy atom. The van der Waals surface area contributed by atoms with Gasteiger partial charge in [0.1, 0.15) is 5.82 Å². The summed E-state index contributed by atoms with van der Waals surface area (Å²) in [6, 6.07) is 1.97. The smallest absolute Gasteiger partial charge is 0.250 e. The molecule has 2 N–H and O–H groups in total. The van der Waals surface area contributed by atoms with Crippen molar-refractivity contribution < 1.29 is 9.53 Å². The number of anilines is 1. The van der Waals surface area contributed by atoms with Crippen molar-refractivity contribution in [2.24, 2.45) is 5.73 Å². The maximum Gasteiger partial charge on any atom is 0.250 e. The SMILES string of the molecule is CCOCCN1CCN(c2ncc(C(N)=O)cc2Cl)CC1C. The molecule has 1 aromatic rings. The number of carbonyl (C=O) groups is 1. The molecule has 1 fully saturated rings. The molecule has 2 rings (SSSR count). The molecule has 7 heteroatoms. The van der Waals surface area contributed by atoms with Gasteiger partial charge < -0.3 is 15.4 Å². The Bertz CT molecular complexity index is 526. The number of piperazine rings is 1. The molecule has 0 radical (unpaired) electrons. The average molecular weight is 327 g/mol. The summed E-state index contributed by atoms with van der Waals surface area (Å²) in [5.74, 6) is 0.193. The van der Waals surface area contributed by atoms with E-state index in [9.17, 15) is 4.79 Å². The van der Waals surface area contributed by atoms with Gasteiger partial charge >= 0.3 is 0 Å². The molecule has 0 aromatic carbocycles. The van der Waals surface area contributed by atoms with Gasteiger partial charge in [0.05, 0.1) is 17.2 Å². The van der Waals surface area contributed by atoms with E-state index in [-0.39, 0.29) is 0 Å². The Hall–Kier alpha value is -1.37. The van der Waals surface area contributed by atoms with E-state index in [1.54, 1.807) is 6.07 Å². The molecular weight excluding hydrogens is 304 g/mol. The first kappa shape index (κ1) is 17.0. The second kappa shape index (κ2) is 7.76. The fourth-order valence-corrected chi connectivity index (χ4v) is 2.93. The molecule has 1 aromatic heterocycles. The Kier molecular flexibility index (Phi) is 5.99. The van der Waals surface area contributed by atoms with Crippen LogP contribution < -0.4 is 10.6 Å². The number of pyridine rings is 1. The van der Waals surface area contributed by atoms with Crippen molar-refractivity contribution in [3.8, 4) is 0 Å². The summed E-state index contributed by atoms with van der Waals surface area (Å²) in [5.41, 5.74) is 5.57. The lowest BCUT2D eigenvalue weighted by Gasteiger charge is -2.40. The molecule has 0 spiro atoms. The fourth-order valence-electron chi connectivity index (χ4n) is 2.64. The lowest BCUT2D eigenvalue weighted by atomic mass is 10.2. The number of halogens is 1. The van der Waals surface area contributed by atoms with Crippen LogP contribution in [0.2, 0.25) is 5.02 Å². The number of carbonyl (C=O) groups excluding carboxylic acids is 1. The van der Waals surface area contributed by atoms with E-state index in [0.717, 1.165) is 39.4 Å². The highest BCUT2D eigenvalue weighted by Gasteiger charge is 2.25. The maximum atomic E-state index is 11.2. The number of rotatable bonds is 6. The summed E-state index contributed by atoms with van der Waals surface area (Å²) < 4.78 is 5.42. The molecule has 22 heavy (non-hydrogen) atoms. The number of primary amides is 1. The summed E-state index contributed by atoms with van der Waals surface area (Å²) in [7, 11) is 0. The summed E-state index contributed by atoms with van der Waals surface area (Å²) in [5, 5.41) is 0.464. The van der Waals surface area contributed by atoms with Crippen LogP contribution in [0.15, 0.2) is 12.3 Å². The van der Waals surface area contributed by atoms with Crippen molar-refractivity contribution in [1.82, 2.24) is 9.88 Å². The van der Waals surface area contributed by atoms with Crippen molar-refractivity contribution in [1.29, 1.82) is 0 Å². The fraction of sp³-hybridized carbons (Fsp3) is 0.600. The molecule has 1 atom stereocenters. The molecule has 0 aliphatic carbocycles. The van der Waals surface area contributed by atoms with E-state index < -0.39 is 5.91 Å². The molecule has 1 saturated heterocycles. The van der Waals surface area contributed by atoms with E-state index in [4.69, 9.17) is 22.1 Å². The Morgan fingerprint density at radius 2 is 2.32 bits per heavy atom. The van der Waals surface area contributed by atoms with Crippen molar-refractivity contribution >= 4 is 23.3 Å². The van der Waals surface area contributed by atoms with Crippen LogP contribution in [0.3, 0.4) is 0 Å². The van der Waals surface area contributed by atoms with Crippen LogP contribution in [-0.4, -0.2) is 61.2 Å². The third-order valence-electron chi connectivity index (χ3n) is 3.90. The van der Waals surface area contributed by atoms with E-state index >= 15 is 0 Å².